The summed E-state index contributed by atoms with van der Waals surface area (Å²) in [6.07, 6.45) is -2.49. The molecule has 11 heteroatoms. The van der Waals surface area contributed by atoms with Crippen LogP contribution in [0.1, 0.15) is 17.7 Å². The van der Waals surface area contributed by atoms with Gasteiger partial charge in [-0.05, 0) is 37.2 Å². The summed E-state index contributed by atoms with van der Waals surface area (Å²) in [4.78, 5) is 10.7. The Bertz CT molecular complexity index is 1200. The first-order chi connectivity index (χ1) is 16.9. The highest BCUT2D eigenvalue weighted by Gasteiger charge is 2.35. The molecule has 1 fully saturated rings. The summed E-state index contributed by atoms with van der Waals surface area (Å²) in [5, 5.41) is 12.7. The van der Waals surface area contributed by atoms with Gasteiger partial charge in [0.25, 0.3) is 0 Å². The molecular formula is C24H27F3N6O2. The molecule has 0 amide bonds. The van der Waals surface area contributed by atoms with Crippen molar-refractivity contribution in [2.24, 2.45) is 7.05 Å². The monoisotopic (exact) mass is 488 g/mol. The van der Waals surface area contributed by atoms with Crippen LogP contribution in [0.3, 0.4) is 0 Å². The van der Waals surface area contributed by atoms with Crippen LogP contribution in [0, 0.1) is 11.3 Å². The van der Waals surface area contributed by atoms with Crippen LogP contribution in [-0.2, 0) is 18.0 Å². The molecule has 0 saturated carbocycles. The lowest BCUT2D eigenvalue weighted by Crippen LogP contribution is -2.40. The number of imidazole rings is 1. The first-order valence-electron chi connectivity index (χ1n) is 11.4. The molecule has 3 aromatic rings. The first kappa shape index (κ1) is 24.9. The number of halogens is 3. The van der Waals surface area contributed by atoms with E-state index in [0.717, 1.165) is 45.5 Å². The number of nitrogens with one attached hydrogen (secondary N) is 1. The van der Waals surface area contributed by atoms with Gasteiger partial charge in [0.15, 0.2) is 5.69 Å². The quantitative estimate of drug-likeness (QED) is 0.463. The molecular weight excluding hydrogens is 461 g/mol. The number of hydrogen-bond acceptors (Lipinski definition) is 7. The molecule has 1 aliphatic heterocycles. The largest absolute Gasteiger partial charge is 0.493 e. The van der Waals surface area contributed by atoms with E-state index in [0.29, 0.717) is 24.0 Å². The third-order valence-electron chi connectivity index (χ3n) is 5.86. The second-order valence-electron chi connectivity index (χ2n) is 8.31. The van der Waals surface area contributed by atoms with E-state index in [9.17, 15) is 18.4 Å². The van der Waals surface area contributed by atoms with Gasteiger partial charge in [-0.25, -0.2) is 9.97 Å². The number of nitriles is 1. The summed E-state index contributed by atoms with van der Waals surface area (Å²) >= 11 is 0. The third kappa shape index (κ3) is 6.08. The molecule has 3 heterocycles. The van der Waals surface area contributed by atoms with Crippen LogP contribution in [0.2, 0.25) is 0 Å². The van der Waals surface area contributed by atoms with Crippen LogP contribution >= 0.6 is 0 Å². The number of pyridine rings is 1. The van der Waals surface area contributed by atoms with Crippen LogP contribution in [0.25, 0.3) is 22.3 Å². The number of aryl methyl sites for hydroxylation is 1. The van der Waals surface area contributed by atoms with E-state index < -0.39 is 11.7 Å². The number of benzene rings is 1. The van der Waals surface area contributed by atoms with E-state index in [4.69, 9.17) is 9.47 Å². The minimum absolute atomic E-state index is 0.0631. The SMILES string of the molecule is Cn1cnc2c(C#N)nc(-c3ccc(OCCCNCCN4CCOCC4)c(C(F)(F)F)c3)cc21. The number of nitrogens with zero attached hydrogens (tertiary/aromatic N) is 5. The highest BCUT2D eigenvalue weighted by Crippen LogP contribution is 2.39. The second kappa shape index (κ2) is 11.0. The molecule has 0 spiro atoms. The van der Waals surface area contributed by atoms with Crippen molar-refractivity contribution in [1.82, 2.24) is 24.8 Å². The van der Waals surface area contributed by atoms with Crippen molar-refractivity contribution in [2.75, 3.05) is 52.5 Å². The van der Waals surface area contributed by atoms with Gasteiger partial charge in [-0.2, -0.15) is 18.4 Å². The Kier molecular flexibility index (Phi) is 7.85. The summed E-state index contributed by atoms with van der Waals surface area (Å²) in [6.45, 7) is 5.87. The number of hydrogen-bond donors (Lipinski definition) is 1. The molecule has 0 bridgehead atoms. The summed E-state index contributed by atoms with van der Waals surface area (Å²) in [5.74, 6) is -0.225. The molecule has 0 unspecified atom stereocenters. The maximum Gasteiger partial charge on any atom is 0.419 e. The predicted octanol–water partition coefficient (Wildman–Crippen LogP) is 3.22. The van der Waals surface area contributed by atoms with Crippen molar-refractivity contribution in [3.8, 4) is 23.1 Å². The van der Waals surface area contributed by atoms with Crippen LogP contribution < -0.4 is 10.1 Å². The Morgan fingerprint density at radius 2 is 2.00 bits per heavy atom. The highest BCUT2D eigenvalue weighted by atomic mass is 19.4. The Balaban J connectivity index is 1.40. The molecule has 186 valence electrons. The minimum atomic E-state index is -4.60. The normalized spacial score (nSPS) is 14.8. The summed E-state index contributed by atoms with van der Waals surface area (Å²) in [7, 11) is 1.75. The fourth-order valence-electron chi connectivity index (χ4n) is 3.96. The van der Waals surface area contributed by atoms with Gasteiger partial charge in [-0.1, -0.05) is 0 Å². The van der Waals surface area contributed by atoms with E-state index in [1.165, 1.54) is 18.5 Å². The maximum atomic E-state index is 13.8. The number of morpholine rings is 1. The average molecular weight is 489 g/mol. The number of aromatic nitrogens is 3. The Labute approximate surface area is 201 Å². The number of rotatable bonds is 9. The average Bonchev–Trinajstić information content (AvgIpc) is 3.23. The molecule has 0 aliphatic carbocycles. The van der Waals surface area contributed by atoms with Crippen molar-refractivity contribution in [3.63, 3.8) is 0 Å². The van der Waals surface area contributed by atoms with Crippen molar-refractivity contribution in [3.05, 3.63) is 41.9 Å². The predicted molar refractivity (Wildman–Crippen MR) is 124 cm³/mol. The topological polar surface area (TPSA) is 88.2 Å². The number of ether oxygens (including phenoxy) is 2. The third-order valence-corrected chi connectivity index (χ3v) is 5.86. The second-order valence-corrected chi connectivity index (χ2v) is 8.31. The molecule has 0 atom stereocenters. The molecule has 2 aromatic heterocycles. The lowest BCUT2D eigenvalue weighted by molar-refractivity contribution is -0.138. The molecule has 0 radical (unpaired) electrons. The standard InChI is InChI=1S/C24H27F3N6O2/c1-32-16-30-23-20(15-28)31-19(14-21(23)32)17-3-4-22(18(13-17)24(25,26)27)35-10-2-5-29-6-7-33-8-11-34-12-9-33/h3-4,13-14,16,29H,2,5-12H2,1H3. The van der Waals surface area contributed by atoms with Gasteiger partial charge in [-0.15, -0.1) is 0 Å². The zero-order chi connectivity index (χ0) is 24.8. The van der Waals surface area contributed by atoms with Gasteiger partial charge in [0, 0.05) is 38.8 Å². The lowest BCUT2D eigenvalue weighted by atomic mass is 10.1. The molecule has 1 aromatic carbocycles. The zero-order valence-electron chi connectivity index (χ0n) is 19.4. The highest BCUT2D eigenvalue weighted by molar-refractivity contribution is 5.84. The van der Waals surface area contributed by atoms with Gasteiger partial charge in [-0.3, -0.25) is 4.90 Å². The molecule has 8 nitrogen and oxygen atoms in total. The van der Waals surface area contributed by atoms with Gasteiger partial charge in [0.2, 0.25) is 0 Å². The van der Waals surface area contributed by atoms with Gasteiger partial charge >= 0.3 is 6.18 Å². The Hall–Kier alpha value is -3.20. The van der Waals surface area contributed by atoms with Gasteiger partial charge < -0.3 is 19.4 Å². The van der Waals surface area contributed by atoms with E-state index in [1.807, 2.05) is 6.07 Å². The van der Waals surface area contributed by atoms with E-state index in [-0.39, 0.29) is 29.3 Å². The maximum absolute atomic E-state index is 13.8. The number of alkyl halides is 3. The minimum Gasteiger partial charge on any atom is -0.493 e. The van der Waals surface area contributed by atoms with Crippen LogP contribution in [-0.4, -0.2) is 72.0 Å². The van der Waals surface area contributed by atoms with E-state index >= 15 is 0 Å². The van der Waals surface area contributed by atoms with Crippen molar-refractivity contribution < 1.29 is 22.6 Å². The van der Waals surface area contributed by atoms with Crippen molar-refractivity contribution in [1.29, 1.82) is 5.26 Å². The Morgan fingerprint density at radius 3 is 2.74 bits per heavy atom. The fourth-order valence-corrected chi connectivity index (χ4v) is 3.96. The number of fused-ring (bicyclic) bond motifs is 1. The van der Waals surface area contributed by atoms with E-state index in [1.54, 1.807) is 17.7 Å². The molecule has 4 rings (SSSR count). The molecule has 35 heavy (non-hydrogen) atoms. The molecule has 1 aliphatic rings. The van der Waals surface area contributed by atoms with Crippen LogP contribution in [0.5, 0.6) is 5.75 Å². The summed E-state index contributed by atoms with van der Waals surface area (Å²) in [5.41, 5.74) is 0.719. The molecule has 1 N–H and O–H groups in total. The summed E-state index contributed by atoms with van der Waals surface area (Å²) < 4.78 is 54.0. The smallest absolute Gasteiger partial charge is 0.419 e. The lowest BCUT2D eigenvalue weighted by Gasteiger charge is -2.26. The van der Waals surface area contributed by atoms with Crippen LogP contribution in [0.15, 0.2) is 30.6 Å². The molecule has 1 saturated heterocycles. The van der Waals surface area contributed by atoms with E-state index in [2.05, 4.69) is 20.2 Å². The zero-order valence-corrected chi connectivity index (χ0v) is 19.4. The van der Waals surface area contributed by atoms with Crippen molar-refractivity contribution in [2.45, 2.75) is 12.6 Å². The Morgan fingerprint density at radius 1 is 1.20 bits per heavy atom. The fraction of sp³-hybridized carbons (Fsp3) is 0.458. The van der Waals surface area contributed by atoms with Crippen LogP contribution in [0.4, 0.5) is 13.2 Å². The van der Waals surface area contributed by atoms with Crippen molar-refractivity contribution >= 4 is 11.0 Å². The van der Waals surface area contributed by atoms with Gasteiger partial charge in [0.1, 0.15) is 17.3 Å². The summed E-state index contributed by atoms with van der Waals surface area (Å²) in [6, 6.07) is 7.45. The first-order valence-corrected chi connectivity index (χ1v) is 11.4. The van der Waals surface area contributed by atoms with Gasteiger partial charge in [0.05, 0.1) is 42.9 Å².